The molecule has 0 amide bonds. The summed E-state index contributed by atoms with van der Waals surface area (Å²) in [7, 11) is 0. The van der Waals surface area contributed by atoms with Crippen LogP contribution in [0.4, 0.5) is 0 Å². The van der Waals surface area contributed by atoms with Crippen LogP contribution >= 0.6 is 0 Å². The second-order valence-electron chi connectivity index (χ2n) is 12.5. The van der Waals surface area contributed by atoms with Gasteiger partial charge in [-0.1, -0.05) is 133 Å². The lowest BCUT2D eigenvalue weighted by Gasteiger charge is -2.15. The number of aromatic nitrogens is 6. The Bertz CT molecular complexity index is 2910. The fraction of sp³-hybridized carbons (Fsp3) is 0. The predicted molar refractivity (Wildman–Crippen MR) is 205 cm³/mol. The van der Waals surface area contributed by atoms with Gasteiger partial charge in [0.25, 0.3) is 5.56 Å². The van der Waals surface area contributed by atoms with E-state index in [4.69, 9.17) is 15.0 Å². The van der Waals surface area contributed by atoms with Crippen LogP contribution in [0.25, 0.3) is 83.8 Å². The number of hydrogen-bond acceptors (Lipinski definition) is 4. The zero-order valence-corrected chi connectivity index (χ0v) is 27.3. The van der Waals surface area contributed by atoms with Crippen LogP contribution in [-0.2, 0) is 0 Å². The van der Waals surface area contributed by atoms with Crippen molar-refractivity contribution in [2.75, 3.05) is 0 Å². The van der Waals surface area contributed by atoms with E-state index in [1.54, 1.807) is 0 Å². The molecule has 0 aliphatic rings. The Morgan fingerprint density at radius 2 is 0.824 bits per heavy atom. The molecule has 240 valence electrons. The number of para-hydroxylation sites is 4. The molecule has 4 aromatic heterocycles. The second-order valence-corrected chi connectivity index (χ2v) is 12.5. The van der Waals surface area contributed by atoms with Crippen molar-refractivity contribution >= 4 is 43.7 Å². The summed E-state index contributed by atoms with van der Waals surface area (Å²) in [6, 6.07) is 56.4. The van der Waals surface area contributed by atoms with E-state index >= 15 is 4.79 Å². The van der Waals surface area contributed by atoms with Crippen LogP contribution in [0.15, 0.2) is 175 Å². The molecule has 7 nitrogen and oxygen atoms in total. The Morgan fingerprint density at radius 3 is 1.37 bits per heavy atom. The fourth-order valence-corrected chi connectivity index (χ4v) is 7.34. The summed E-state index contributed by atoms with van der Waals surface area (Å²) in [5, 5.41) is 3.81. The van der Waals surface area contributed by atoms with Crippen molar-refractivity contribution < 1.29 is 0 Å². The summed E-state index contributed by atoms with van der Waals surface area (Å²) < 4.78 is 5.98. The number of fused-ring (bicyclic) bond motifs is 7. The van der Waals surface area contributed by atoms with Gasteiger partial charge in [-0.05, 0) is 36.4 Å². The third kappa shape index (κ3) is 4.45. The highest BCUT2D eigenvalue weighted by molar-refractivity contribution is 6.28. The van der Waals surface area contributed by atoms with Gasteiger partial charge in [-0.3, -0.25) is 18.5 Å². The highest BCUT2D eigenvalue weighted by atomic mass is 16.1. The minimum absolute atomic E-state index is 0.178. The van der Waals surface area contributed by atoms with Crippen molar-refractivity contribution in [1.82, 2.24) is 28.7 Å². The Morgan fingerprint density at radius 1 is 0.392 bits per heavy atom. The lowest BCUT2D eigenvalue weighted by Crippen LogP contribution is -2.23. The standard InChI is InChI=1S/C44H28N6O/c51-43-39-37(38-34-26-14-15-27-35(34)48(31-21-9-3-10-22-31)42(38)49(43)32-23-11-4-12-24-32)33-25-13-16-28-36(33)50(39)44-46-40(29-17-5-1-6-18-29)45-41(47-44)30-19-7-2-8-20-30/h1-28H. The van der Waals surface area contributed by atoms with Crippen LogP contribution in [0, 0.1) is 0 Å². The Labute approximate surface area is 292 Å². The molecule has 0 spiro atoms. The quantitative estimate of drug-likeness (QED) is 0.185. The average molecular weight is 657 g/mol. The lowest BCUT2D eigenvalue weighted by atomic mass is 10.1. The first-order chi connectivity index (χ1) is 25.3. The molecular weight excluding hydrogens is 629 g/mol. The van der Waals surface area contributed by atoms with Gasteiger partial charge in [0, 0.05) is 38.4 Å². The van der Waals surface area contributed by atoms with E-state index in [2.05, 4.69) is 41.0 Å². The lowest BCUT2D eigenvalue weighted by molar-refractivity contribution is 0.935. The maximum atomic E-state index is 15.5. The first-order valence-electron chi connectivity index (χ1n) is 16.9. The number of rotatable bonds is 5. The van der Waals surface area contributed by atoms with E-state index in [1.165, 1.54) is 0 Å². The molecular formula is C44H28N6O. The first-order valence-corrected chi connectivity index (χ1v) is 16.9. The second kappa shape index (κ2) is 11.5. The SMILES string of the molecule is O=c1c2c(c3ccccc3n2-c2nc(-c3ccccc3)nc(-c3ccccc3)n2)c2c3ccccc3n(-c3ccccc3)c2n1-c1ccccc1. The Balaban J connectivity index is 1.44. The zero-order chi connectivity index (χ0) is 33.9. The van der Waals surface area contributed by atoms with Gasteiger partial charge in [-0.2, -0.15) is 9.97 Å². The molecule has 7 heteroatoms. The monoisotopic (exact) mass is 656 g/mol. The van der Waals surface area contributed by atoms with E-state index in [9.17, 15) is 0 Å². The number of pyridine rings is 1. The Hall–Kier alpha value is -7.12. The minimum atomic E-state index is -0.178. The number of benzene rings is 6. The molecule has 10 aromatic rings. The van der Waals surface area contributed by atoms with Crippen LogP contribution in [0.1, 0.15) is 0 Å². The summed E-state index contributed by atoms with van der Waals surface area (Å²) >= 11 is 0. The van der Waals surface area contributed by atoms with Gasteiger partial charge in [0.05, 0.1) is 16.7 Å². The van der Waals surface area contributed by atoms with Crippen LogP contribution in [0.3, 0.4) is 0 Å². The van der Waals surface area contributed by atoms with Gasteiger partial charge >= 0.3 is 0 Å². The molecule has 0 N–H and O–H groups in total. The van der Waals surface area contributed by atoms with E-state index in [1.807, 2.05) is 143 Å². The molecule has 0 unspecified atom stereocenters. The molecule has 0 saturated heterocycles. The zero-order valence-electron chi connectivity index (χ0n) is 27.3. The van der Waals surface area contributed by atoms with E-state index < -0.39 is 0 Å². The van der Waals surface area contributed by atoms with E-state index in [0.717, 1.165) is 60.7 Å². The van der Waals surface area contributed by atoms with Gasteiger partial charge in [0.15, 0.2) is 11.6 Å². The molecule has 0 bridgehead atoms. The van der Waals surface area contributed by atoms with Crippen molar-refractivity contribution in [1.29, 1.82) is 0 Å². The van der Waals surface area contributed by atoms with E-state index in [0.29, 0.717) is 23.1 Å². The maximum Gasteiger partial charge on any atom is 0.281 e. The van der Waals surface area contributed by atoms with E-state index in [-0.39, 0.29) is 5.56 Å². The fourth-order valence-electron chi connectivity index (χ4n) is 7.34. The highest BCUT2D eigenvalue weighted by Crippen LogP contribution is 2.41. The van der Waals surface area contributed by atoms with Crippen molar-refractivity contribution in [2.24, 2.45) is 0 Å². The summed E-state index contributed by atoms with van der Waals surface area (Å²) in [6.45, 7) is 0. The molecule has 0 aliphatic heterocycles. The van der Waals surface area contributed by atoms with Crippen molar-refractivity contribution in [3.8, 4) is 40.1 Å². The van der Waals surface area contributed by atoms with Crippen LogP contribution in [-0.4, -0.2) is 28.7 Å². The van der Waals surface area contributed by atoms with Gasteiger partial charge in [0.1, 0.15) is 11.2 Å². The van der Waals surface area contributed by atoms with Crippen molar-refractivity contribution in [2.45, 2.75) is 0 Å². The highest BCUT2D eigenvalue weighted by Gasteiger charge is 2.27. The third-order valence-electron chi connectivity index (χ3n) is 9.51. The molecule has 0 fully saturated rings. The molecule has 6 aromatic carbocycles. The van der Waals surface area contributed by atoms with Gasteiger partial charge in [-0.25, -0.2) is 4.98 Å². The summed E-state index contributed by atoms with van der Waals surface area (Å²) in [5.41, 5.74) is 6.38. The molecule has 0 aliphatic carbocycles. The van der Waals surface area contributed by atoms with Gasteiger partial charge in [-0.15, -0.1) is 0 Å². The maximum absolute atomic E-state index is 15.5. The molecule has 4 heterocycles. The molecule has 0 radical (unpaired) electrons. The van der Waals surface area contributed by atoms with Crippen molar-refractivity contribution in [3.63, 3.8) is 0 Å². The van der Waals surface area contributed by atoms with Crippen LogP contribution < -0.4 is 5.56 Å². The molecule has 10 rings (SSSR count). The third-order valence-corrected chi connectivity index (χ3v) is 9.51. The van der Waals surface area contributed by atoms with Gasteiger partial charge < -0.3 is 0 Å². The first kappa shape index (κ1) is 28.9. The summed E-state index contributed by atoms with van der Waals surface area (Å²) in [5.74, 6) is 1.42. The van der Waals surface area contributed by atoms with Gasteiger partial charge in [0.2, 0.25) is 5.95 Å². The predicted octanol–water partition coefficient (Wildman–Crippen LogP) is 9.55. The number of hydrogen-bond donors (Lipinski definition) is 0. The topological polar surface area (TPSA) is 70.5 Å². The molecule has 0 atom stereocenters. The number of nitrogens with zero attached hydrogens (tertiary/aromatic N) is 6. The minimum Gasteiger partial charge on any atom is -0.295 e. The largest absolute Gasteiger partial charge is 0.295 e. The average Bonchev–Trinajstić information content (AvgIpc) is 3.73. The normalized spacial score (nSPS) is 11.6. The smallest absolute Gasteiger partial charge is 0.281 e. The Kier molecular flexibility index (Phi) is 6.50. The van der Waals surface area contributed by atoms with Crippen molar-refractivity contribution in [3.05, 3.63) is 180 Å². The molecule has 0 saturated carbocycles. The van der Waals surface area contributed by atoms with Crippen LogP contribution in [0.5, 0.6) is 0 Å². The summed E-state index contributed by atoms with van der Waals surface area (Å²) in [4.78, 5) is 30.7. The summed E-state index contributed by atoms with van der Waals surface area (Å²) in [6.07, 6.45) is 0. The van der Waals surface area contributed by atoms with Crippen LogP contribution in [0.2, 0.25) is 0 Å². The molecule has 51 heavy (non-hydrogen) atoms.